The molecule has 0 spiro atoms. The first-order chi connectivity index (χ1) is 9.36. The van der Waals surface area contributed by atoms with Gasteiger partial charge in [0, 0.05) is 13.2 Å². The number of hydrogen-bond acceptors (Lipinski definition) is 4. The number of rotatable bonds is 11. The fraction of sp³-hybridized carbons (Fsp3) is 0.600. The molecule has 0 aliphatic rings. The summed E-state index contributed by atoms with van der Waals surface area (Å²) in [6, 6.07) is 8.17. The molecule has 0 fully saturated rings. The molecule has 0 unspecified atom stereocenters. The van der Waals surface area contributed by atoms with Crippen LogP contribution in [0.25, 0.3) is 0 Å². The molecule has 2 N–H and O–H groups in total. The molecule has 0 aromatic heterocycles. The quantitative estimate of drug-likeness (QED) is 0.602. The Balaban J connectivity index is 2.14. The Labute approximate surface area is 115 Å². The Hall–Kier alpha value is -1.10. The van der Waals surface area contributed by atoms with Crippen molar-refractivity contribution in [2.45, 2.75) is 26.3 Å². The van der Waals surface area contributed by atoms with Crippen LogP contribution in [0.4, 0.5) is 0 Å². The van der Waals surface area contributed by atoms with E-state index in [0.717, 1.165) is 38.3 Å². The first-order valence-electron chi connectivity index (χ1n) is 6.98. The smallest absolute Gasteiger partial charge is 0.119 e. The molecule has 4 heteroatoms. The molecule has 0 aliphatic heterocycles. The highest BCUT2D eigenvalue weighted by Gasteiger charge is 1.97. The average Bonchev–Trinajstić information content (AvgIpc) is 2.44. The fourth-order valence-electron chi connectivity index (χ4n) is 1.66. The lowest BCUT2D eigenvalue weighted by Gasteiger charge is -2.08. The Morgan fingerprint density at radius 1 is 1.21 bits per heavy atom. The molecule has 1 aromatic rings. The first-order valence-corrected chi connectivity index (χ1v) is 6.98. The van der Waals surface area contributed by atoms with Crippen LogP contribution in [0.1, 0.15) is 25.3 Å². The number of aliphatic hydroxyl groups excluding tert-OH is 1. The van der Waals surface area contributed by atoms with E-state index in [0.29, 0.717) is 13.2 Å². The summed E-state index contributed by atoms with van der Waals surface area (Å²) in [6.07, 6.45) is 1.97. The van der Waals surface area contributed by atoms with E-state index < -0.39 is 0 Å². The number of ether oxygens (including phenoxy) is 2. The van der Waals surface area contributed by atoms with E-state index in [2.05, 4.69) is 24.4 Å². The maximum absolute atomic E-state index is 8.55. The predicted molar refractivity (Wildman–Crippen MR) is 76.5 cm³/mol. The van der Waals surface area contributed by atoms with Crippen molar-refractivity contribution in [1.82, 2.24) is 5.32 Å². The third kappa shape index (κ3) is 7.82. The van der Waals surface area contributed by atoms with E-state index in [1.54, 1.807) is 0 Å². The molecule has 0 amide bonds. The van der Waals surface area contributed by atoms with Crippen LogP contribution in [0, 0.1) is 0 Å². The van der Waals surface area contributed by atoms with Crippen LogP contribution >= 0.6 is 0 Å². The minimum atomic E-state index is 0.0952. The maximum atomic E-state index is 8.55. The highest BCUT2D eigenvalue weighted by atomic mass is 16.5. The van der Waals surface area contributed by atoms with Crippen molar-refractivity contribution in [3.05, 3.63) is 29.8 Å². The van der Waals surface area contributed by atoms with Crippen LogP contribution in [0.2, 0.25) is 0 Å². The van der Waals surface area contributed by atoms with Crippen molar-refractivity contribution < 1.29 is 14.6 Å². The largest absolute Gasteiger partial charge is 0.494 e. The predicted octanol–water partition coefficient (Wildman–Crippen LogP) is 1.96. The Bertz CT molecular complexity index is 331. The van der Waals surface area contributed by atoms with Crippen molar-refractivity contribution in [3.63, 3.8) is 0 Å². The van der Waals surface area contributed by atoms with Crippen LogP contribution in [0.5, 0.6) is 5.75 Å². The van der Waals surface area contributed by atoms with Crippen molar-refractivity contribution in [2.75, 3.05) is 33.0 Å². The van der Waals surface area contributed by atoms with Gasteiger partial charge in [0.25, 0.3) is 0 Å². The Kier molecular flexibility index (Phi) is 9.06. The molecular formula is C15H25NO3. The second-order valence-corrected chi connectivity index (χ2v) is 4.36. The molecular weight excluding hydrogens is 242 g/mol. The van der Waals surface area contributed by atoms with Gasteiger partial charge in [-0.05, 0) is 37.1 Å². The summed E-state index contributed by atoms with van der Waals surface area (Å²) in [6.45, 7) is 5.82. The van der Waals surface area contributed by atoms with Crippen molar-refractivity contribution >= 4 is 0 Å². The summed E-state index contributed by atoms with van der Waals surface area (Å²) < 4.78 is 10.8. The van der Waals surface area contributed by atoms with Gasteiger partial charge in [0.1, 0.15) is 5.75 Å². The molecule has 0 radical (unpaired) electrons. The highest BCUT2D eigenvalue weighted by Crippen LogP contribution is 2.13. The normalized spacial score (nSPS) is 10.6. The molecule has 0 bridgehead atoms. The van der Waals surface area contributed by atoms with Gasteiger partial charge >= 0.3 is 0 Å². The molecule has 1 aromatic carbocycles. The summed E-state index contributed by atoms with van der Waals surface area (Å²) in [4.78, 5) is 0. The second-order valence-electron chi connectivity index (χ2n) is 4.36. The molecule has 4 nitrogen and oxygen atoms in total. The third-order valence-corrected chi connectivity index (χ3v) is 2.58. The Morgan fingerprint density at radius 3 is 2.89 bits per heavy atom. The van der Waals surface area contributed by atoms with E-state index in [1.807, 2.05) is 12.1 Å². The summed E-state index contributed by atoms with van der Waals surface area (Å²) in [7, 11) is 0. The molecule has 0 atom stereocenters. The molecule has 0 saturated heterocycles. The van der Waals surface area contributed by atoms with E-state index in [9.17, 15) is 0 Å². The van der Waals surface area contributed by atoms with Crippen molar-refractivity contribution in [1.29, 1.82) is 0 Å². The van der Waals surface area contributed by atoms with Crippen molar-refractivity contribution in [2.24, 2.45) is 0 Å². The molecule has 0 heterocycles. The minimum absolute atomic E-state index is 0.0952. The average molecular weight is 267 g/mol. The Morgan fingerprint density at radius 2 is 2.11 bits per heavy atom. The zero-order chi connectivity index (χ0) is 13.8. The van der Waals surface area contributed by atoms with Crippen LogP contribution in [0.15, 0.2) is 24.3 Å². The van der Waals surface area contributed by atoms with Gasteiger partial charge in [-0.2, -0.15) is 0 Å². The summed E-state index contributed by atoms with van der Waals surface area (Å²) in [5.41, 5.74) is 1.23. The van der Waals surface area contributed by atoms with Gasteiger partial charge in [0.05, 0.1) is 19.8 Å². The zero-order valence-corrected chi connectivity index (χ0v) is 11.7. The van der Waals surface area contributed by atoms with Gasteiger partial charge in [-0.1, -0.05) is 19.1 Å². The molecule has 1 rings (SSSR count). The van der Waals surface area contributed by atoms with Crippen LogP contribution in [0.3, 0.4) is 0 Å². The lowest BCUT2D eigenvalue weighted by Crippen LogP contribution is -2.16. The molecule has 0 saturated carbocycles. The summed E-state index contributed by atoms with van der Waals surface area (Å²) >= 11 is 0. The van der Waals surface area contributed by atoms with Gasteiger partial charge in [-0.25, -0.2) is 0 Å². The molecule has 0 aliphatic carbocycles. The summed E-state index contributed by atoms with van der Waals surface area (Å²) in [5.74, 6) is 0.937. The van der Waals surface area contributed by atoms with Gasteiger partial charge in [-0.15, -0.1) is 0 Å². The summed E-state index contributed by atoms with van der Waals surface area (Å²) in [5, 5.41) is 11.9. The number of aliphatic hydroxyl groups is 1. The highest BCUT2D eigenvalue weighted by molar-refractivity contribution is 5.28. The maximum Gasteiger partial charge on any atom is 0.119 e. The van der Waals surface area contributed by atoms with E-state index in [1.165, 1.54) is 5.56 Å². The van der Waals surface area contributed by atoms with Gasteiger partial charge in [-0.3, -0.25) is 0 Å². The number of nitrogens with one attached hydrogen (secondary N) is 1. The zero-order valence-electron chi connectivity index (χ0n) is 11.7. The third-order valence-electron chi connectivity index (χ3n) is 2.58. The monoisotopic (exact) mass is 267 g/mol. The molecule has 108 valence electrons. The molecule has 19 heavy (non-hydrogen) atoms. The van der Waals surface area contributed by atoms with Gasteiger partial charge in [0.15, 0.2) is 0 Å². The van der Waals surface area contributed by atoms with E-state index in [4.69, 9.17) is 14.6 Å². The lowest BCUT2D eigenvalue weighted by atomic mass is 10.2. The van der Waals surface area contributed by atoms with Gasteiger partial charge < -0.3 is 19.9 Å². The minimum Gasteiger partial charge on any atom is -0.494 e. The van der Waals surface area contributed by atoms with E-state index >= 15 is 0 Å². The SMILES string of the molecule is CCCOc1cccc(CNCCCOCCO)c1. The lowest BCUT2D eigenvalue weighted by molar-refractivity contribution is 0.0907. The van der Waals surface area contributed by atoms with E-state index in [-0.39, 0.29) is 6.61 Å². The standard InChI is InChI=1S/C15H25NO3/c1-2-9-19-15-6-3-5-14(12-15)13-16-7-4-10-18-11-8-17/h3,5-6,12,16-17H,2,4,7-11,13H2,1H3. The van der Waals surface area contributed by atoms with Crippen LogP contribution in [-0.2, 0) is 11.3 Å². The van der Waals surface area contributed by atoms with Crippen molar-refractivity contribution in [3.8, 4) is 5.75 Å². The number of hydrogen-bond donors (Lipinski definition) is 2. The second kappa shape index (κ2) is 10.8. The van der Waals surface area contributed by atoms with Crippen LogP contribution in [-0.4, -0.2) is 38.1 Å². The topological polar surface area (TPSA) is 50.7 Å². The first kappa shape index (κ1) is 16.0. The number of benzene rings is 1. The fourth-order valence-corrected chi connectivity index (χ4v) is 1.66. The van der Waals surface area contributed by atoms with Crippen LogP contribution < -0.4 is 10.1 Å². The van der Waals surface area contributed by atoms with Gasteiger partial charge in [0.2, 0.25) is 0 Å².